The van der Waals surface area contributed by atoms with Gasteiger partial charge in [0.25, 0.3) is 5.89 Å². The topological polar surface area (TPSA) is 66.0 Å². The summed E-state index contributed by atoms with van der Waals surface area (Å²) in [6.45, 7) is 0.832. The van der Waals surface area contributed by atoms with Crippen molar-refractivity contribution >= 4 is 0 Å². The van der Waals surface area contributed by atoms with Crippen LogP contribution in [0.2, 0.25) is 0 Å². The Labute approximate surface area is 158 Å². The number of nitrogens with zero attached hydrogens (tertiary/aromatic N) is 4. The van der Waals surface area contributed by atoms with Crippen LogP contribution in [0.4, 0.5) is 8.78 Å². The van der Waals surface area contributed by atoms with E-state index < -0.39 is 5.82 Å². The molecule has 2 aromatic heterocycles. The normalized spacial score (nSPS) is 16.1. The van der Waals surface area contributed by atoms with Gasteiger partial charge in [-0.1, -0.05) is 29.4 Å². The molecule has 1 atom stereocenters. The molecule has 3 heterocycles. The van der Waals surface area contributed by atoms with Gasteiger partial charge in [0.1, 0.15) is 17.7 Å². The highest BCUT2D eigenvalue weighted by Crippen LogP contribution is 2.29. The van der Waals surface area contributed by atoms with Gasteiger partial charge in [-0.25, -0.2) is 8.78 Å². The van der Waals surface area contributed by atoms with Gasteiger partial charge in [0.15, 0.2) is 5.69 Å². The molecule has 0 saturated carbocycles. The van der Waals surface area contributed by atoms with E-state index in [9.17, 15) is 8.78 Å². The maximum absolute atomic E-state index is 13.9. The van der Waals surface area contributed by atoms with Crippen LogP contribution in [0.1, 0.15) is 17.4 Å². The second-order valence-electron chi connectivity index (χ2n) is 6.46. The quantitative estimate of drug-likeness (QED) is 0.534. The van der Waals surface area contributed by atoms with Crippen molar-refractivity contribution in [2.45, 2.75) is 19.3 Å². The molecule has 0 saturated heterocycles. The second-order valence-corrected chi connectivity index (χ2v) is 6.46. The molecule has 28 heavy (non-hydrogen) atoms. The van der Waals surface area contributed by atoms with Crippen molar-refractivity contribution in [1.82, 2.24) is 19.9 Å². The third kappa shape index (κ3) is 2.97. The molecule has 0 aliphatic carbocycles. The Hall–Kier alpha value is -3.39. The van der Waals surface area contributed by atoms with Crippen molar-refractivity contribution < 1.29 is 18.0 Å². The van der Waals surface area contributed by atoms with Crippen LogP contribution in [-0.4, -0.2) is 19.9 Å². The molecular weight excluding hydrogens is 366 g/mol. The molecular formula is C20H14F2N4O2. The summed E-state index contributed by atoms with van der Waals surface area (Å²) in [6.07, 6.45) is -0.225. The third-order valence-electron chi connectivity index (χ3n) is 4.64. The van der Waals surface area contributed by atoms with E-state index in [4.69, 9.17) is 9.26 Å². The zero-order valence-corrected chi connectivity index (χ0v) is 14.5. The van der Waals surface area contributed by atoms with E-state index >= 15 is 0 Å². The Bertz CT molecular complexity index is 1140. The molecule has 0 amide bonds. The fraction of sp³-hybridized carbons (Fsp3) is 0.150. The number of hydrogen-bond acceptors (Lipinski definition) is 5. The Morgan fingerprint density at radius 1 is 1.04 bits per heavy atom. The van der Waals surface area contributed by atoms with Crippen LogP contribution < -0.4 is 0 Å². The zero-order valence-electron chi connectivity index (χ0n) is 14.5. The molecule has 140 valence electrons. The first-order valence-corrected chi connectivity index (χ1v) is 8.70. The van der Waals surface area contributed by atoms with Crippen molar-refractivity contribution in [3.8, 4) is 23.0 Å². The second kappa shape index (κ2) is 6.65. The van der Waals surface area contributed by atoms with Crippen LogP contribution >= 0.6 is 0 Å². The SMILES string of the molecule is Fc1ccc([C@@H]2Cn3nc(-c4nc(-c5ccccc5F)no4)cc3CO2)cc1. The molecule has 8 heteroatoms. The Kier molecular flexibility index (Phi) is 3.98. The molecule has 5 rings (SSSR count). The van der Waals surface area contributed by atoms with Crippen molar-refractivity contribution in [2.75, 3.05) is 0 Å². The summed E-state index contributed by atoms with van der Waals surface area (Å²) in [7, 11) is 0. The van der Waals surface area contributed by atoms with E-state index in [0.717, 1.165) is 11.3 Å². The van der Waals surface area contributed by atoms with Gasteiger partial charge >= 0.3 is 0 Å². The fourth-order valence-corrected chi connectivity index (χ4v) is 3.19. The van der Waals surface area contributed by atoms with Crippen LogP contribution in [-0.2, 0) is 17.9 Å². The number of benzene rings is 2. The minimum atomic E-state index is -0.422. The van der Waals surface area contributed by atoms with Crippen LogP contribution in [0.3, 0.4) is 0 Å². The van der Waals surface area contributed by atoms with Crippen molar-refractivity contribution in [3.05, 3.63) is 77.5 Å². The Morgan fingerprint density at radius 2 is 1.86 bits per heavy atom. The molecule has 0 bridgehead atoms. The molecule has 1 aliphatic rings. The van der Waals surface area contributed by atoms with Gasteiger partial charge in [-0.05, 0) is 35.9 Å². The van der Waals surface area contributed by atoms with Gasteiger partial charge in [-0.3, -0.25) is 4.68 Å². The number of ether oxygens (including phenoxy) is 1. The van der Waals surface area contributed by atoms with E-state index in [0.29, 0.717) is 18.8 Å². The molecule has 0 N–H and O–H groups in total. The largest absolute Gasteiger partial charge is 0.365 e. The molecule has 6 nitrogen and oxygen atoms in total. The van der Waals surface area contributed by atoms with E-state index in [1.54, 1.807) is 41.1 Å². The molecule has 2 aromatic carbocycles. The summed E-state index contributed by atoms with van der Waals surface area (Å²) < 4.78 is 40.0. The highest BCUT2D eigenvalue weighted by atomic mass is 19.1. The number of rotatable bonds is 3. The first kappa shape index (κ1) is 16.8. The molecule has 0 fully saturated rings. The fourth-order valence-electron chi connectivity index (χ4n) is 3.19. The van der Waals surface area contributed by atoms with Gasteiger partial charge in [0.2, 0.25) is 5.82 Å². The Balaban J connectivity index is 1.41. The van der Waals surface area contributed by atoms with E-state index in [1.165, 1.54) is 18.2 Å². The molecule has 0 radical (unpaired) electrons. The lowest BCUT2D eigenvalue weighted by Gasteiger charge is -2.24. The summed E-state index contributed by atoms with van der Waals surface area (Å²) in [4.78, 5) is 4.27. The predicted octanol–water partition coefficient (Wildman–Crippen LogP) is 4.15. The summed E-state index contributed by atoms with van der Waals surface area (Å²) in [5.41, 5.74) is 2.50. The minimum Gasteiger partial charge on any atom is -0.365 e. The first-order chi connectivity index (χ1) is 13.7. The molecule has 4 aromatic rings. The maximum Gasteiger partial charge on any atom is 0.278 e. The Morgan fingerprint density at radius 3 is 2.68 bits per heavy atom. The van der Waals surface area contributed by atoms with Crippen LogP contribution in [0.25, 0.3) is 23.0 Å². The average Bonchev–Trinajstić information content (AvgIpc) is 3.35. The van der Waals surface area contributed by atoms with E-state index in [-0.39, 0.29) is 29.2 Å². The third-order valence-corrected chi connectivity index (χ3v) is 4.64. The number of hydrogen-bond donors (Lipinski definition) is 0. The number of aromatic nitrogens is 4. The first-order valence-electron chi connectivity index (χ1n) is 8.70. The molecule has 0 spiro atoms. The predicted molar refractivity (Wildman–Crippen MR) is 94.8 cm³/mol. The van der Waals surface area contributed by atoms with Crippen molar-refractivity contribution in [3.63, 3.8) is 0 Å². The van der Waals surface area contributed by atoms with Crippen LogP contribution in [0, 0.1) is 11.6 Å². The summed E-state index contributed by atoms with van der Waals surface area (Å²) in [6, 6.07) is 14.3. The van der Waals surface area contributed by atoms with E-state index in [1.807, 2.05) is 0 Å². The van der Waals surface area contributed by atoms with Crippen LogP contribution in [0.5, 0.6) is 0 Å². The van der Waals surface area contributed by atoms with Gasteiger partial charge in [0, 0.05) is 0 Å². The van der Waals surface area contributed by atoms with Crippen molar-refractivity contribution in [2.24, 2.45) is 0 Å². The van der Waals surface area contributed by atoms with Gasteiger partial charge in [-0.15, -0.1) is 0 Å². The number of halogens is 2. The monoisotopic (exact) mass is 380 g/mol. The number of fused-ring (bicyclic) bond motifs is 1. The maximum atomic E-state index is 13.9. The molecule has 1 aliphatic heterocycles. The van der Waals surface area contributed by atoms with E-state index in [2.05, 4.69) is 15.2 Å². The van der Waals surface area contributed by atoms with Gasteiger partial charge < -0.3 is 9.26 Å². The minimum absolute atomic E-state index is 0.166. The standard InChI is InChI=1S/C20H14F2N4O2/c21-13-7-5-12(6-8-13)18-10-26-14(11-27-18)9-17(24-26)20-23-19(25-28-20)15-3-1-2-4-16(15)22/h1-9,18H,10-11H2/t18-/m0/s1. The lowest BCUT2D eigenvalue weighted by molar-refractivity contribution is -0.00116. The van der Waals surface area contributed by atoms with Gasteiger partial charge in [0.05, 0.1) is 24.4 Å². The van der Waals surface area contributed by atoms with Crippen molar-refractivity contribution in [1.29, 1.82) is 0 Å². The smallest absolute Gasteiger partial charge is 0.278 e. The molecule has 0 unspecified atom stereocenters. The van der Waals surface area contributed by atoms with Gasteiger partial charge in [-0.2, -0.15) is 10.1 Å². The van der Waals surface area contributed by atoms with Crippen LogP contribution in [0.15, 0.2) is 59.1 Å². The average molecular weight is 380 g/mol. The highest BCUT2D eigenvalue weighted by molar-refractivity contribution is 5.58. The lowest BCUT2D eigenvalue weighted by Crippen LogP contribution is -2.21. The summed E-state index contributed by atoms with van der Waals surface area (Å²) >= 11 is 0. The zero-order chi connectivity index (χ0) is 19.1. The lowest BCUT2D eigenvalue weighted by atomic mass is 10.1. The highest BCUT2D eigenvalue weighted by Gasteiger charge is 2.24. The summed E-state index contributed by atoms with van der Waals surface area (Å²) in [5.74, 6) is -0.337. The summed E-state index contributed by atoms with van der Waals surface area (Å²) in [5, 5.41) is 8.37.